The summed E-state index contributed by atoms with van der Waals surface area (Å²) >= 11 is 0. The van der Waals surface area contributed by atoms with Gasteiger partial charge in [0.1, 0.15) is 0 Å². The number of guanidine groups is 1. The number of benzene rings is 2. The summed E-state index contributed by atoms with van der Waals surface area (Å²) < 4.78 is 23.1. The van der Waals surface area contributed by atoms with E-state index in [9.17, 15) is 8.42 Å². The van der Waals surface area contributed by atoms with Crippen LogP contribution in [0.4, 0.5) is 0 Å². The highest BCUT2D eigenvalue weighted by Gasteiger charge is 2.12. The molecule has 0 aliphatic heterocycles. The second kappa shape index (κ2) is 11.7. The van der Waals surface area contributed by atoms with E-state index >= 15 is 0 Å². The number of nitrogens with zero attached hydrogens (tertiary/aromatic N) is 2. The number of sulfone groups is 1. The number of nitrogens with one attached hydrogen (secondary N) is 2. The molecule has 2 aromatic carbocycles. The Hall–Kier alpha value is -2.38. The highest BCUT2D eigenvalue weighted by atomic mass is 32.2. The Morgan fingerprint density at radius 3 is 2.23 bits per heavy atom. The molecular weight excluding hydrogens is 396 g/mol. The molecule has 2 rings (SSSR count). The van der Waals surface area contributed by atoms with E-state index in [-0.39, 0.29) is 0 Å². The smallest absolute Gasteiger partial charge is 0.191 e. The Morgan fingerprint density at radius 1 is 1.00 bits per heavy atom. The summed E-state index contributed by atoms with van der Waals surface area (Å²) in [5.41, 5.74) is 2.39. The first-order valence-electron chi connectivity index (χ1n) is 10.3. The molecule has 0 saturated heterocycles. The van der Waals surface area contributed by atoms with Gasteiger partial charge in [-0.1, -0.05) is 42.5 Å². The van der Waals surface area contributed by atoms with Gasteiger partial charge in [-0.2, -0.15) is 0 Å². The topological polar surface area (TPSA) is 73.8 Å². The van der Waals surface area contributed by atoms with Gasteiger partial charge in [-0.25, -0.2) is 8.42 Å². The third-order valence-electron chi connectivity index (χ3n) is 4.91. The standard InChI is InChI=1S/C23H34N4O2S/c1-5-24-23(25-16-15-19-11-13-22(14-12-19)30(4,28)29)26-18-21(27(2)3)17-20-9-7-6-8-10-20/h6-14,21H,5,15-18H2,1-4H3,(H2,24,25,26). The van der Waals surface area contributed by atoms with Crippen molar-refractivity contribution in [1.29, 1.82) is 0 Å². The molecule has 0 heterocycles. The molecule has 0 aliphatic rings. The molecule has 0 aromatic heterocycles. The minimum atomic E-state index is -3.15. The van der Waals surface area contributed by atoms with Crippen molar-refractivity contribution in [2.24, 2.45) is 4.99 Å². The van der Waals surface area contributed by atoms with Crippen molar-refractivity contribution in [3.05, 3.63) is 65.7 Å². The Balaban J connectivity index is 1.92. The van der Waals surface area contributed by atoms with Crippen molar-refractivity contribution in [3.8, 4) is 0 Å². The maximum atomic E-state index is 11.6. The summed E-state index contributed by atoms with van der Waals surface area (Å²) in [5, 5.41) is 6.67. The molecule has 7 heteroatoms. The summed E-state index contributed by atoms with van der Waals surface area (Å²) in [4.78, 5) is 7.34. The lowest BCUT2D eigenvalue weighted by Gasteiger charge is -2.23. The van der Waals surface area contributed by atoms with Gasteiger partial charge in [0.05, 0.1) is 11.4 Å². The summed E-state index contributed by atoms with van der Waals surface area (Å²) in [6, 6.07) is 17.8. The fraction of sp³-hybridized carbons (Fsp3) is 0.435. The quantitative estimate of drug-likeness (QED) is 0.447. The predicted molar refractivity (Wildman–Crippen MR) is 125 cm³/mol. The van der Waals surface area contributed by atoms with Crippen molar-refractivity contribution in [1.82, 2.24) is 15.5 Å². The number of rotatable bonds is 10. The van der Waals surface area contributed by atoms with E-state index in [1.54, 1.807) is 12.1 Å². The van der Waals surface area contributed by atoms with E-state index in [2.05, 4.69) is 60.8 Å². The molecule has 1 unspecified atom stereocenters. The lowest BCUT2D eigenvalue weighted by Crippen LogP contribution is -2.40. The molecule has 164 valence electrons. The minimum absolute atomic E-state index is 0.311. The van der Waals surface area contributed by atoms with E-state index in [4.69, 9.17) is 4.99 Å². The van der Waals surface area contributed by atoms with Crippen molar-refractivity contribution in [2.75, 3.05) is 40.0 Å². The summed E-state index contributed by atoms with van der Waals surface area (Å²) in [6.45, 7) is 4.25. The average Bonchev–Trinajstić information content (AvgIpc) is 2.71. The highest BCUT2D eigenvalue weighted by molar-refractivity contribution is 7.90. The van der Waals surface area contributed by atoms with Gasteiger partial charge < -0.3 is 15.5 Å². The van der Waals surface area contributed by atoms with E-state index in [0.717, 1.165) is 37.5 Å². The Morgan fingerprint density at radius 2 is 1.67 bits per heavy atom. The lowest BCUT2D eigenvalue weighted by molar-refractivity contribution is 0.298. The Labute approximate surface area is 181 Å². The van der Waals surface area contributed by atoms with Gasteiger partial charge in [-0.05, 0) is 57.1 Å². The number of aliphatic imine (C=N–C) groups is 1. The van der Waals surface area contributed by atoms with Crippen LogP contribution in [0.1, 0.15) is 18.1 Å². The monoisotopic (exact) mass is 430 g/mol. The first kappa shape index (κ1) is 23.9. The number of likely N-dealkylation sites (N-methyl/N-ethyl adjacent to an activating group) is 1. The van der Waals surface area contributed by atoms with E-state index < -0.39 is 9.84 Å². The molecule has 0 amide bonds. The fourth-order valence-electron chi connectivity index (χ4n) is 3.06. The van der Waals surface area contributed by atoms with Crippen LogP contribution in [-0.2, 0) is 22.7 Å². The van der Waals surface area contributed by atoms with Gasteiger partial charge in [0.15, 0.2) is 15.8 Å². The van der Waals surface area contributed by atoms with Crippen LogP contribution >= 0.6 is 0 Å². The summed E-state index contributed by atoms with van der Waals surface area (Å²) in [6.07, 6.45) is 2.96. The molecule has 2 N–H and O–H groups in total. The highest BCUT2D eigenvalue weighted by Crippen LogP contribution is 2.10. The van der Waals surface area contributed by atoms with Gasteiger partial charge in [-0.15, -0.1) is 0 Å². The molecule has 0 spiro atoms. The van der Waals surface area contributed by atoms with Crippen LogP contribution in [0, 0.1) is 0 Å². The first-order chi connectivity index (χ1) is 14.3. The van der Waals surface area contributed by atoms with E-state index in [1.165, 1.54) is 11.8 Å². The van der Waals surface area contributed by atoms with Crippen LogP contribution < -0.4 is 10.6 Å². The molecular formula is C23H34N4O2S. The number of hydrogen-bond donors (Lipinski definition) is 2. The molecule has 1 atom stereocenters. The number of hydrogen-bond acceptors (Lipinski definition) is 4. The lowest BCUT2D eigenvalue weighted by atomic mass is 10.1. The van der Waals surface area contributed by atoms with Gasteiger partial charge in [0.25, 0.3) is 0 Å². The van der Waals surface area contributed by atoms with Crippen LogP contribution in [0.25, 0.3) is 0 Å². The third kappa shape index (κ3) is 8.16. The fourth-order valence-corrected chi connectivity index (χ4v) is 3.69. The van der Waals surface area contributed by atoms with Gasteiger partial charge >= 0.3 is 0 Å². The maximum absolute atomic E-state index is 11.6. The van der Waals surface area contributed by atoms with Crippen molar-refractivity contribution < 1.29 is 8.42 Å². The SMILES string of the molecule is CCNC(=NCC(Cc1ccccc1)N(C)C)NCCc1ccc(S(C)(=O)=O)cc1. The van der Waals surface area contributed by atoms with Crippen molar-refractivity contribution in [2.45, 2.75) is 30.7 Å². The third-order valence-corrected chi connectivity index (χ3v) is 6.03. The Kier molecular flexibility index (Phi) is 9.33. The first-order valence-corrected chi connectivity index (χ1v) is 12.2. The van der Waals surface area contributed by atoms with Crippen LogP contribution in [0.2, 0.25) is 0 Å². The molecule has 30 heavy (non-hydrogen) atoms. The van der Waals surface area contributed by atoms with Crippen molar-refractivity contribution in [3.63, 3.8) is 0 Å². The van der Waals surface area contributed by atoms with E-state index in [0.29, 0.717) is 17.5 Å². The van der Waals surface area contributed by atoms with Gasteiger partial charge in [0.2, 0.25) is 0 Å². The normalized spacial score (nSPS) is 13.3. The van der Waals surface area contributed by atoms with Gasteiger partial charge in [0, 0.05) is 25.4 Å². The van der Waals surface area contributed by atoms with Gasteiger partial charge in [-0.3, -0.25) is 4.99 Å². The van der Waals surface area contributed by atoms with Crippen LogP contribution in [0.15, 0.2) is 64.5 Å². The molecule has 0 radical (unpaired) electrons. The molecule has 0 aliphatic carbocycles. The van der Waals surface area contributed by atoms with Crippen molar-refractivity contribution >= 4 is 15.8 Å². The Bertz CT molecular complexity index is 895. The summed E-state index contributed by atoms with van der Waals surface area (Å²) in [7, 11) is 1.02. The predicted octanol–water partition coefficient (Wildman–Crippen LogP) is 2.36. The molecule has 0 saturated carbocycles. The van der Waals surface area contributed by atoms with Crippen LogP contribution in [-0.4, -0.2) is 65.3 Å². The summed E-state index contributed by atoms with van der Waals surface area (Å²) in [5.74, 6) is 0.796. The molecule has 0 bridgehead atoms. The van der Waals surface area contributed by atoms with E-state index in [1.807, 2.05) is 18.2 Å². The van der Waals surface area contributed by atoms with Crippen LogP contribution in [0.3, 0.4) is 0 Å². The zero-order chi connectivity index (χ0) is 22.0. The minimum Gasteiger partial charge on any atom is -0.357 e. The molecule has 2 aromatic rings. The zero-order valence-corrected chi connectivity index (χ0v) is 19.2. The second-order valence-electron chi connectivity index (χ2n) is 7.62. The maximum Gasteiger partial charge on any atom is 0.191 e. The average molecular weight is 431 g/mol. The van der Waals surface area contributed by atoms with Crippen LogP contribution in [0.5, 0.6) is 0 Å². The second-order valence-corrected chi connectivity index (χ2v) is 9.64. The molecule has 0 fully saturated rings. The molecule has 6 nitrogen and oxygen atoms in total. The zero-order valence-electron chi connectivity index (χ0n) is 18.4. The largest absolute Gasteiger partial charge is 0.357 e.